The van der Waals surface area contributed by atoms with Gasteiger partial charge < -0.3 is 9.84 Å². The summed E-state index contributed by atoms with van der Waals surface area (Å²) in [5.41, 5.74) is 1.15. The van der Waals surface area contributed by atoms with E-state index in [1.807, 2.05) is 0 Å². The highest BCUT2D eigenvalue weighted by atomic mass is 32.2. The number of amides is 1. The van der Waals surface area contributed by atoms with E-state index in [1.165, 1.54) is 12.0 Å². The number of methoxy groups -OCH3 is 1. The molecule has 2 aromatic carbocycles. The van der Waals surface area contributed by atoms with Crippen LogP contribution in [0.2, 0.25) is 0 Å². The second-order valence-corrected chi connectivity index (χ2v) is 6.76. The Morgan fingerprint density at radius 1 is 1.20 bits per heavy atom. The maximum atomic E-state index is 12.8. The number of benzene rings is 2. The minimum Gasteiger partial charge on any atom is -0.507 e. The van der Waals surface area contributed by atoms with Gasteiger partial charge in [0.25, 0.3) is 5.91 Å². The van der Waals surface area contributed by atoms with Crippen molar-refractivity contribution in [3.8, 4) is 5.75 Å². The highest BCUT2D eigenvalue weighted by Crippen LogP contribution is 2.38. The van der Waals surface area contributed by atoms with Crippen LogP contribution in [0.3, 0.4) is 0 Å². The summed E-state index contributed by atoms with van der Waals surface area (Å²) in [6.07, 6.45) is 1.58. The molecule has 3 rings (SSSR count). The van der Waals surface area contributed by atoms with Crippen molar-refractivity contribution >= 4 is 51.9 Å². The minimum atomic E-state index is -0.547. The third-order valence-electron chi connectivity index (χ3n) is 3.57. The molecule has 25 heavy (non-hydrogen) atoms. The fourth-order valence-corrected chi connectivity index (χ4v) is 3.65. The Balaban J connectivity index is 2.01. The summed E-state index contributed by atoms with van der Waals surface area (Å²) in [5.74, 6) is -0.827. The third kappa shape index (κ3) is 3.29. The number of hydrogen-bond donors (Lipinski definition) is 1. The average Bonchev–Trinajstić information content (AvgIpc) is 2.90. The summed E-state index contributed by atoms with van der Waals surface area (Å²) in [5, 5.41) is 9.88. The van der Waals surface area contributed by atoms with Crippen molar-refractivity contribution in [3.63, 3.8) is 0 Å². The van der Waals surface area contributed by atoms with Crippen LogP contribution in [-0.2, 0) is 9.53 Å². The van der Waals surface area contributed by atoms with Crippen LogP contribution in [0.25, 0.3) is 6.08 Å². The van der Waals surface area contributed by atoms with E-state index in [9.17, 15) is 14.7 Å². The summed E-state index contributed by atoms with van der Waals surface area (Å²) in [7, 11) is 1.28. The molecule has 1 aliphatic heterocycles. The number of thioether (sulfide) groups is 1. The molecule has 0 aromatic heterocycles. The average molecular weight is 371 g/mol. The van der Waals surface area contributed by atoms with Gasteiger partial charge in [-0.3, -0.25) is 9.69 Å². The molecular formula is C18H13NO4S2. The number of phenols is 1. The lowest BCUT2D eigenvalue weighted by atomic mass is 10.1. The van der Waals surface area contributed by atoms with Gasteiger partial charge in [0.05, 0.1) is 23.3 Å². The second-order valence-electron chi connectivity index (χ2n) is 5.08. The first-order valence-electron chi connectivity index (χ1n) is 7.26. The highest BCUT2D eigenvalue weighted by Gasteiger charge is 2.35. The van der Waals surface area contributed by atoms with E-state index < -0.39 is 5.97 Å². The SMILES string of the molecule is COC(=O)c1ccccc1N1C(=O)/C(=C/c2ccccc2O)SC1=S. The molecule has 0 bridgehead atoms. The van der Waals surface area contributed by atoms with Crippen molar-refractivity contribution in [2.75, 3.05) is 12.0 Å². The van der Waals surface area contributed by atoms with Gasteiger partial charge in [0.1, 0.15) is 5.75 Å². The molecule has 5 nitrogen and oxygen atoms in total. The van der Waals surface area contributed by atoms with E-state index in [0.29, 0.717) is 20.5 Å². The fraction of sp³-hybridized carbons (Fsp3) is 0.0556. The Hall–Kier alpha value is -2.64. The number of aromatic hydroxyl groups is 1. The van der Waals surface area contributed by atoms with Crippen molar-refractivity contribution < 1.29 is 19.4 Å². The highest BCUT2D eigenvalue weighted by molar-refractivity contribution is 8.27. The zero-order valence-electron chi connectivity index (χ0n) is 13.1. The lowest BCUT2D eigenvalue weighted by Crippen LogP contribution is -2.29. The lowest BCUT2D eigenvalue weighted by Gasteiger charge is -2.17. The molecule has 0 atom stereocenters. The molecule has 1 saturated heterocycles. The molecule has 0 radical (unpaired) electrons. The third-order valence-corrected chi connectivity index (χ3v) is 4.87. The topological polar surface area (TPSA) is 66.8 Å². The van der Waals surface area contributed by atoms with Crippen molar-refractivity contribution in [3.05, 3.63) is 64.6 Å². The maximum Gasteiger partial charge on any atom is 0.339 e. The Labute approximate surface area is 153 Å². The standard InChI is InChI=1S/C18H13NO4S2/c1-23-17(22)12-7-3-4-8-13(12)19-16(21)15(25-18(19)24)10-11-6-2-5-9-14(11)20/h2-10,20H,1H3/b15-10-. The van der Waals surface area contributed by atoms with Crippen LogP contribution >= 0.6 is 24.0 Å². The zero-order chi connectivity index (χ0) is 18.0. The van der Waals surface area contributed by atoms with Crippen LogP contribution in [-0.4, -0.2) is 28.4 Å². The largest absolute Gasteiger partial charge is 0.507 e. The van der Waals surface area contributed by atoms with Crippen LogP contribution in [0.5, 0.6) is 5.75 Å². The monoisotopic (exact) mass is 371 g/mol. The summed E-state index contributed by atoms with van der Waals surface area (Å²) >= 11 is 6.43. The number of anilines is 1. The first kappa shape index (κ1) is 17.2. The molecule has 0 spiro atoms. The van der Waals surface area contributed by atoms with Crippen molar-refractivity contribution in [2.24, 2.45) is 0 Å². The number of carbonyl (C=O) groups excluding carboxylic acids is 2. The number of thiocarbonyl (C=S) groups is 1. The van der Waals surface area contributed by atoms with Gasteiger partial charge in [-0.15, -0.1) is 0 Å². The van der Waals surface area contributed by atoms with Gasteiger partial charge in [-0.25, -0.2) is 4.79 Å². The molecule has 2 aromatic rings. The van der Waals surface area contributed by atoms with Crippen molar-refractivity contribution in [2.45, 2.75) is 0 Å². The number of phenolic OH excluding ortho intramolecular Hbond substituents is 1. The molecule has 1 amide bonds. The van der Waals surface area contributed by atoms with E-state index in [0.717, 1.165) is 11.8 Å². The van der Waals surface area contributed by atoms with Crippen LogP contribution in [0.15, 0.2) is 53.4 Å². The van der Waals surface area contributed by atoms with Crippen LogP contribution < -0.4 is 4.90 Å². The van der Waals surface area contributed by atoms with Gasteiger partial charge in [-0.1, -0.05) is 54.3 Å². The van der Waals surface area contributed by atoms with Crippen LogP contribution in [0.4, 0.5) is 5.69 Å². The molecule has 0 saturated carbocycles. The molecule has 1 fully saturated rings. The first-order chi connectivity index (χ1) is 12.0. The summed E-state index contributed by atoms with van der Waals surface area (Å²) in [4.78, 5) is 26.4. The summed E-state index contributed by atoms with van der Waals surface area (Å²) < 4.78 is 5.08. The quantitative estimate of drug-likeness (QED) is 0.505. The molecule has 1 heterocycles. The van der Waals surface area contributed by atoms with E-state index in [4.69, 9.17) is 17.0 Å². The Morgan fingerprint density at radius 2 is 1.88 bits per heavy atom. The van der Waals surface area contributed by atoms with E-state index in [-0.39, 0.29) is 17.2 Å². The Bertz CT molecular complexity index is 907. The second kappa shape index (κ2) is 7.08. The summed E-state index contributed by atoms with van der Waals surface area (Å²) in [6.45, 7) is 0. The van der Waals surface area contributed by atoms with Gasteiger partial charge >= 0.3 is 5.97 Å². The van der Waals surface area contributed by atoms with E-state index >= 15 is 0 Å². The maximum absolute atomic E-state index is 12.8. The number of hydrogen-bond acceptors (Lipinski definition) is 6. The normalized spacial score (nSPS) is 15.7. The van der Waals surface area contributed by atoms with E-state index in [2.05, 4.69) is 0 Å². The molecule has 0 aliphatic carbocycles. The molecule has 1 N–H and O–H groups in total. The van der Waals surface area contributed by atoms with Crippen molar-refractivity contribution in [1.82, 2.24) is 0 Å². The first-order valence-corrected chi connectivity index (χ1v) is 8.48. The Kier molecular flexibility index (Phi) is 4.87. The fourth-order valence-electron chi connectivity index (χ4n) is 2.38. The number of para-hydroxylation sites is 2. The molecule has 1 aliphatic rings. The smallest absolute Gasteiger partial charge is 0.339 e. The Morgan fingerprint density at radius 3 is 2.60 bits per heavy atom. The minimum absolute atomic E-state index is 0.0720. The number of carbonyl (C=O) groups is 2. The molecule has 0 unspecified atom stereocenters. The van der Waals surface area contributed by atoms with Crippen LogP contribution in [0.1, 0.15) is 15.9 Å². The number of rotatable bonds is 3. The number of esters is 1. The van der Waals surface area contributed by atoms with Crippen LogP contribution in [0, 0.1) is 0 Å². The molecule has 7 heteroatoms. The predicted octanol–water partition coefficient (Wildman–Crippen LogP) is 3.58. The van der Waals surface area contributed by atoms with Gasteiger partial charge in [0, 0.05) is 5.56 Å². The molecule has 126 valence electrons. The van der Waals surface area contributed by atoms with Gasteiger partial charge in [-0.05, 0) is 24.3 Å². The zero-order valence-corrected chi connectivity index (χ0v) is 14.8. The van der Waals surface area contributed by atoms with Gasteiger partial charge in [0.2, 0.25) is 0 Å². The van der Waals surface area contributed by atoms with Gasteiger partial charge in [0.15, 0.2) is 4.32 Å². The number of ether oxygens (including phenoxy) is 1. The van der Waals surface area contributed by atoms with Gasteiger partial charge in [-0.2, -0.15) is 0 Å². The lowest BCUT2D eigenvalue weighted by molar-refractivity contribution is -0.113. The summed E-state index contributed by atoms with van der Waals surface area (Å²) in [6, 6.07) is 13.3. The predicted molar refractivity (Wildman–Crippen MR) is 102 cm³/mol. The van der Waals surface area contributed by atoms with E-state index in [1.54, 1.807) is 54.6 Å². The molecular weight excluding hydrogens is 358 g/mol. The van der Waals surface area contributed by atoms with Crippen molar-refractivity contribution in [1.29, 1.82) is 0 Å². The number of nitrogens with zero attached hydrogens (tertiary/aromatic N) is 1.